The van der Waals surface area contributed by atoms with Crippen molar-refractivity contribution in [3.63, 3.8) is 0 Å². The molecule has 1 aromatic heterocycles. The summed E-state index contributed by atoms with van der Waals surface area (Å²) in [4.78, 5) is 15.5. The lowest BCUT2D eigenvalue weighted by Crippen LogP contribution is -2.54. The zero-order valence-electron chi connectivity index (χ0n) is 14.8. The summed E-state index contributed by atoms with van der Waals surface area (Å²) in [6.07, 6.45) is 8.90. The minimum atomic E-state index is -0.514. The molecule has 0 bridgehead atoms. The number of aromatic nitrogens is 2. The molecule has 0 spiro atoms. The molecule has 0 atom stereocenters. The van der Waals surface area contributed by atoms with Crippen LogP contribution in [-0.4, -0.2) is 59.9 Å². The molecular formula is C18H31N5O. The Morgan fingerprint density at radius 2 is 2.08 bits per heavy atom. The van der Waals surface area contributed by atoms with E-state index < -0.39 is 5.54 Å². The molecule has 1 aromatic rings. The summed E-state index contributed by atoms with van der Waals surface area (Å²) in [6, 6.07) is 1.90. The number of hydrogen-bond acceptors (Lipinski definition) is 4. The molecule has 24 heavy (non-hydrogen) atoms. The molecule has 6 nitrogen and oxygen atoms in total. The summed E-state index contributed by atoms with van der Waals surface area (Å²) in [5, 5.41) is 10.9. The van der Waals surface area contributed by atoms with E-state index in [0.717, 1.165) is 51.4 Å². The van der Waals surface area contributed by atoms with Crippen LogP contribution in [0.4, 0.5) is 0 Å². The fourth-order valence-electron chi connectivity index (χ4n) is 4.07. The molecule has 2 aliphatic heterocycles. The van der Waals surface area contributed by atoms with Gasteiger partial charge in [-0.05, 0) is 76.8 Å². The summed E-state index contributed by atoms with van der Waals surface area (Å²) >= 11 is 0. The van der Waals surface area contributed by atoms with Crippen LogP contribution >= 0.6 is 0 Å². The van der Waals surface area contributed by atoms with Crippen LogP contribution in [0.25, 0.3) is 0 Å². The molecule has 6 heteroatoms. The van der Waals surface area contributed by atoms with Crippen LogP contribution in [0.3, 0.4) is 0 Å². The van der Waals surface area contributed by atoms with Gasteiger partial charge in [0.25, 0.3) is 0 Å². The number of rotatable bonds is 6. The van der Waals surface area contributed by atoms with E-state index in [1.54, 1.807) is 6.20 Å². The summed E-state index contributed by atoms with van der Waals surface area (Å²) in [7, 11) is 0. The number of piperidine rings is 2. The first kappa shape index (κ1) is 17.4. The fourth-order valence-corrected chi connectivity index (χ4v) is 4.07. The van der Waals surface area contributed by atoms with Gasteiger partial charge in [0.15, 0.2) is 0 Å². The first-order chi connectivity index (χ1) is 11.7. The van der Waals surface area contributed by atoms with Crippen molar-refractivity contribution < 1.29 is 4.79 Å². The van der Waals surface area contributed by atoms with Crippen molar-refractivity contribution >= 4 is 5.91 Å². The van der Waals surface area contributed by atoms with Crippen molar-refractivity contribution in [3.8, 4) is 0 Å². The monoisotopic (exact) mass is 333 g/mol. The van der Waals surface area contributed by atoms with Crippen LogP contribution in [0.1, 0.15) is 39.0 Å². The third-order valence-corrected chi connectivity index (χ3v) is 5.79. The first-order valence-electron chi connectivity index (χ1n) is 9.46. The minimum absolute atomic E-state index is 0.138. The summed E-state index contributed by atoms with van der Waals surface area (Å²) < 4.78 is 1.86. The summed E-state index contributed by atoms with van der Waals surface area (Å²) in [5.74, 6) is 0.889. The van der Waals surface area contributed by atoms with Crippen LogP contribution in [0.15, 0.2) is 18.5 Å². The van der Waals surface area contributed by atoms with Gasteiger partial charge in [-0.2, -0.15) is 5.10 Å². The second-order valence-electron chi connectivity index (χ2n) is 7.15. The topological polar surface area (TPSA) is 62.2 Å². The van der Waals surface area contributed by atoms with Gasteiger partial charge in [-0.25, -0.2) is 0 Å². The van der Waals surface area contributed by atoms with Gasteiger partial charge >= 0.3 is 0 Å². The molecule has 134 valence electrons. The second kappa shape index (κ2) is 8.12. The van der Waals surface area contributed by atoms with Crippen molar-refractivity contribution in [2.24, 2.45) is 5.92 Å². The molecule has 2 aliphatic rings. The lowest BCUT2D eigenvalue weighted by Gasteiger charge is -2.36. The van der Waals surface area contributed by atoms with Crippen molar-refractivity contribution in [3.05, 3.63) is 18.5 Å². The first-order valence-corrected chi connectivity index (χ1v) is 9.46. The summed E-state index contributed by atoms with van der Waals surface area (Å²) in [5.41, 5.74) is -0.514. The maximum absolute atomic E-state index is 13.0. The van der Waals surface area contributed by atoms with Crippen molar-refractivity contribution in [2.45, 2.75) is 44.6 Å². The van der Waals surface area contributed by atoms with E-state index >= 15 is 0 Å². The van der Waals surface area contributed by atoms with Crippen LogP contribution in [0.2, 0.25) is 0 Å². The van der Waals surface area contributed by atoms with E-state index in [0.29, 0.717) is 0 Å². The van der Waals surface area contributed by atoms with E-state index in [1.807, 2.05) is 16.9 Å². The Morgan fingerprint density at radius 3 is 2.71 bits per heavy atom. The van der Waals surface area contributed by atoms with E-state index in [2.05, 4.69) is 27.6 Å². The van der Waals surface area contributed by atoms with Gasteiger partial charge in [0.2, 0.25) is 5.91 Å². The molecule has 3 heterocycles. The molecule has 2 saturated heterocycles. The van der Waals surface area contributed by atoms with Gasteiger partial charge in [-0.15, -0.1) is 0 Å². The highest BCUT2D eigenvalue weighted by atomic mass is 16.2. The van der Waals surface area contributed by atoms with E-state index in [1.165, 1.54) is 25.9 Å². The number of likely N-dealkylation sites (tertiary alicyclic amines) is 1. The second-order valence-corrected chi connectivity index (χ2v) is 7.15. The SMILES string of the molecule is CCN1CCC(CCNC(=O)C2(n3cccn3)CCNCC2)CC1. The van der Waals surface area contributed by atoms with Crippen molar-refractivity contribution in [1.82, 2.24) is 25.3 Å². The van der Waals surface area contributed by atoms with E-state index in [4.69, 9.17) is 0 Å². The predicted molar refractivity (Wildman–Crippen MR) is 94.8 cm³/mol. The lowest BCUT2D eigenvalue weighted by atomic mass is 9.87. The third kappa shape index (κ3) is 3.81. The van der Waals surface area contributed by atoms with Gasteiger partial charge in [-0.3, -0.25) is 9.48 Å². The van der Waals surface area contributed by atoms with Crippen LogP contribution in [0.5, 0.6) is 0 Å². The number of amides is 1. The van der Waals surface area contributed by atoms with Gasteiger partial charge in [0, 0.05) is 18.9 Å². The Bertz CT molecular complexity index is 501. The highest BCUT2D eigenvalue weighted by Crippen LogP contribution is 2.27. The molecule has 0 saturated carbocycles. The Morgan fingerprint density at radius 1 is 1.33 bits per heavy atom. The van der Waals surface area contributed by atoms with Gasteiger partial charge in [0.05, 0.1) is 0 Å². The zero-order chi connectivity index (χ0) is 16.8. The van der Waals surface area contributed by atoms with Gasteiger partial charge < -0.3 is 15.5 Å². The molecule has 0 aliphatic carbocycles. The highest BCUT2D eigenvalue weighted by Gasteiger charge is 2.41. The maximum Gasteiger partial charge on any atom is 0.248 e. The maximum atomic E-state index is 13.0. The van der Waals surface area contributed by atoms with Crippen LogP contribution in [-0.2, 0) is 10.3 Å². The molecule has 2 fully saturated rings. The van der Waals surface area contributed by atoms with Crippen molar-refractivity contribution in [2.75, 3.05) is 39.3 Å². The lowest BCUT2D eigenvalue weighted by molar-refractivity contribution is -0.132. The molecule has 0 unspecified atom stereocenters. The molecule has 3 rings (SSSR count). The average molecular weight is 333 g/mol. The Hall–Kier alpha value is -1.40. The van der Waals surface area contributed by atoms with Crippen molar-refractivity contribution in [1.29, 1.82) is 0 Å². The quantitative estimate of drug-likeness (QED) is 0.821. The Balaban J connectivity index is 1.51. The molecule has 0 aromatic carbocycles. The smallest absolute Gasteiger partial charge is 0.248 e. The Kier molecular flexibility index (Phi) is 5.89. The zero-order valence-corrected chi connectivity index (χ0v) is 14.8. The van der Waals surface area contributed by atoms with E-state index in [9.17, 15) is 4.79 Å². The highest BCUT2D eigenvalue weighted by molar-refractivity contribution is 5.84. The normalized spacial score (nSPS) is 22.4. The number of carbonyl (C=O) groups is 1. The number of hydrogen-bond donors (Lipinski definition) is 2. The average Bonchev–Trinajstić information content (AvgIpc) is 3.18. The van der Waals surface area contributed by atoms with Gasteiger partial charge in [0.1, 0.15) is 5.54 Å². The number of carbonyl (C=O) groups excluding carboxylic acids is 1. The standard InChI is InChI=1S/C18H31N5O/c1-2-22-14-5-16(6-15-22)4-10-20-17(24)18(7-11-19-12-8-18)23-13-3-9-21-23/h3,9,13,16,19H,2,4-8,10-12,14-15H2,1H3,(H,20,24). The molecule has 0 radical (unpaired) electrons. The molecule has 1 amide bonds. The minimum Gasteiger partial charge on any atom is -0.354 e. The fraction of sp³-hybridized carbons (Fsp3) is 0.778. The molecule has 2 N–H and O–H groups in total. The predicted octanol–water partition coefficient (Wildman–Crippen LogP) is 1.20. The largest absolute Gasteiger partial charge is 0.354 e. The third-order valence-electron chi connectivity index (χ3n) is 5.79. The van der Waals surface area contributed by atoms with Crippen LogP contribution in [0, 0.1) is 5.92 Å². The van der Waals surface area contributed by atoms with Crippen LogP contribution < -0.4 is 10.6 Å². The number of nitrogens with zero attached hydrogens (tertiary/aromatic N) is 3. The molecular weight excluding hydrogens is 302 g/mol. The summed E-state index contributed by atoms with van der Waals surface area (Å²) in [6.45, 7) is 8.31. The van der Waals surface area contributed by atoms with E-state index in [-0.39, 0.29) is 5.91 Å². The van der Waals surface area contributed by atoms with Gasteiger partial charge in [-0.1, -0.05) is 6.92 Å². The number of nitrogens with one attached hydrogen (secondary N) is 2. The Labute approximate surface area is 145 Å².